The molecule has 0 aromatic carbocycles. The van der Waals surface area contributed by atoms with Crippen LogP contribution in [0.2, 0.25) is 0 Å². The first kappa shape index (κ1) is 8.51. The molecule has 1 aromatic rings. The first-order valence-corrected chi connectivity index (χ1v) is 4.56. The molecule has 0 unspecified atom stereocenters. The second-order valence-corrected chi connectivity index (χ2v) is 3.21. The minimum atomic E-state index is 0.0578. The van der Waals surface area contributed by atoms with E-state index in [4.69, 9.17) is 9.15 Å². The summed E-state index contributed by atoms with van der Waals surface area (Å²) in [5, 5.41) is 0. The minimum absolute atomic E-state index is 0.0578. The number of carbonyl (C=O) groups is 1. The largest absolute Gasteiger partial charge is 0.456 e. The number of hydrogen-bond acceptors (Lipinski definition) is 3. The summed E-state index contributed by atoms with van der Waals surface area (Å²) < 4.78 is 10.8. The Morgan fingerprint density at radius 3 is 2.92 bits per heavy atom. The maximum Gasteiger partial charge on any atom is 0.185 e. The van der Waals surface area contributed by atoms with Crippen LogP contribution < -0.4 is 0 Å². The number of carbonyl (C=O) groups excluding carboxylic acids is 1. The Hall–Kier alpha value is -1.09. The molecule has 1 aliphatic rings. The summed E-state index contributed by atoms with van der Waals surface area (Å²) in [6.45, 7) is 0.793. The van der Waals surface area contributed by atoms with Gasteiger partial charge in [-0.3, -0.25) is 4.79 Å². The molecule has 1 fully saturated rings. The molecular formula is C10H12O3. The van der Waals surface area contributed by atoms with Crippen LogP contribution in [0.1, 0.15) is 41.7 Å². The average Bonchev–Trinajstić information content (AvgIpc) is 2.67. The van der Waals surface area contributed by atoms with Crippen LogP contribution in [0.5, 0.6) is 0 Å². The molecule has 70 valence electrons. The van der Waals surface area contributed by atoms with Crippen molar-refractivity contribution in [1.82, 2.24) is 0 Å². The van der Waals surface area contributed by atoms with Gasteiger partial charge >= 0.3 is 0 Å². The quantitative estimate of drug-likeness (QED) is 0.656. The predicted molar refractivity (Wildman–Crippen MR) is 46.6 cm³/mol. The van der Waals surface area contributed by atoms with Crippen LogP contribution >= 0.6 is 0 Å². The predicted octanol–water partition coefficient (Wildman–Crippen LogP) is 2.33. The molecule has 13 heavy (non-hydrogen) atoms. The molecule has 2 heterocycles. The van der Waals surface area contributed by atoms with E-state index in [0.29, 0.717) is 12.0 Å². The molecule has 1 saturated heterocycles. The fraction of sp³-hybridized carbons (Fsp3) is 0.500. The molecule has 0 radical (unpaired) electrons. The van der Waals surface area contributed by atoms with E-state index in [1.807, 2.05) is 6.07 Å². The van der Waals surface area contributed by atoms with E-state index in [0.717, 1.165) is 25.2 Å². The summed E-state index contributed by atoms with van der Waals surface area (Å²) in [7, 11) is 0. The average molecular weight is 180 g/mol. The van der Waals surface area contributed by atoms with Gasteiger partial charge in [-0.25, -0.2) is 0 Å². The van der Waals surface area contributed by atoms with E-state index in [2.05, 4.69) is 0 Å². The van der Waals surface area contributed by atoms with E-state index >= 15 is 0 Å². The molecule has 0 N–H and O–H groups in total. The molecule has 2 rings (SSSR count). The molecule has 0 amide bonds. The molecule has 0 saturated carbocycles. The van der Waals surface area contributed by atoms with Gasteiger partial charge in [0, 0.05) is 6.61 Å². The normalized spacial score (nSPS) is 22.9. The van der Waals surface area contributed by atoms with E-state index in [1.54, 1.807) is 6.07 Å². The SMILES string of the molecule is O=Cc1ccc([C@@H]2CCCCO2)o1. The lowest BCUT2D eigenvalue weighted by Gasteiger charge is -2.20. The van der Waals surface area contributed by atoms with Crippen LogP contribution in [0.15, 0.2) is 16.5 Å². The number of aldehydes is 1. The lowest BCUT2D eigenvalue weighted by Crippen LogP contribution is -2.10. The molecule has 1 aromatic heterocycles. The van der Waals surface area contributed by atoms with E-state index in [9.17, 15) is 4.79 Å². The van der Waals surface area contributed by atoms with Crippen molar-refractivity contribution in [2.45, 2.75) is 25.4 Å². The van der Waals surface area contributed by atoms with Gasteiger partial charge in [-0.15, -0.1) is 0 Å². The van der Waals surface area contributed by atoms with Crippen molar-refractivity contribution in [3.8, 4) is 0 Å². The van der Waals surface area contributed by atoms with E-state index in [1.165, 1.54) is 6.42 Å². The van der Waals surface area contributed by atoms with Crippen molar-refractivity contribution in [3.05, 3.63) is 23.7 Å². The third-order valence-corrected chi connectivity index (χ3v) is 2.26. The lowest BCUT2D eigenvalue weighted by atomic mass is 10.1. The van der Waals surface area contributed by atoms with Gasteiger partial charge in [0.1, 0.15) is 11.9 Å². The van der Waals surface area contributed by atoms with Crippen LogP contribution in [-0.4, -0.2) is 12.9 Å². The summed E-state index contributed by atoms with van der Waals surface area (Å²) in [5.41, 5.74) is 0. The van der Waals surface area contributed by atoms with Crippen LogP contribution in [0.4, 0.5) is 0 Å². The summed E-state index contributed by atoms with van der Waals surface area (Å²) in [6.07, 6.45) is 4.06. The van der Waals surface area contributed by atoms with Crippen LogP contribution in [0.3, 0.4) is 0 Å². The van der Waals surface area contributed by atoms with Gasteiger partial charge in [-0.05, 0) is 31.4 Å². The summed E-state index contributed by atoms with van der Waals surface area (Å²) in [4.78, 5) is 10.4. The van der Waals surface area contributed by atoms with Gasteiger partial charge in [0.25, 0.3) is 0 Å². The maximum absolute atomic E-state index is 10.4. The van der Waals surface area contributed by atoms with E-state index in [-0.39, 0.29) is 6.10 Å². The highest BCUT2D eigenvalue weighted by molar-refractivity contribution is 5.70. The number of furan rings is 1. The van der Waals surface area contributed by atoms with E-state index < -0.39 is 0 Å². The van der Waals surface area contributed by atoms with Crippen molar-refractivity contribution in [2.75, 3.05) is 6.61 Å². The Morgan fingerprint density at radius 1 is 1.38 bits per heavy atom. The third kappa shape index (κ3) is 1.80. The van der Waals surface area contributed by atoms with Gasteiger partial charge in [0.05, 0.1) is 0 Å². The maximum atomic E-state index is 10.4. The third-order valence-electron chi connectivity index (χ3n) is 2.26. The highest BCUT2D eigenvalue weighted by Gasteiger charge is 2.18. The van der Waals surface area contributed by atoms with Gasteiger partial charge in [0.2, 0.25) is 0 Å². The topological polar surface area (TPSA) is 39.4 Å². The summed E-state index contributed by atoms with van der Waals surface area (Å²) in [6, 6.07) is 3.50. The van der Waals surface area contributed by atoms with Gasteiger partial charge in [-0.2, -0.15) is 0 Å². The minimum Gasteiger partial charge on any atom is -0.456 e. The van der Waals surface area contributed by atoms with Gasteiger partial charge in [-0.1, -0.05) is 0 Å². The van der Waals surface area contributed by atoms with Crippen molar-refractivity contribution >= 4 is 6.29 Å². The number of ether oxygens (including phenoxy) is 1. The van der Waals surface area contributed by atoms with Crippen molar-refractivity contribution in [3.63, 3.8) is 0 Å². The summed E-state index contributed by atoms with van der Waals surface area (Å²) in [5.74, 6) is 1.16. The Morgan fingerprint density at radius 2 is 2.31 bits per heavy atom. The highest BCUT2D eigenvalue weighted by Crippen LogP contribution is 2.28. The smallest absolute Gasteiger partial charge is 0.185 e. The van der Waals surface area contributed by atoms with Crippen LogP contribution in [0, 0.1) is 0 Å². The summed E-state index contributed by atoms with van der Waals surface area (Å²) >= 11 is 0. The van der Waals surface area contributed by atoms with Crippen LogP contribution in [0.25, 0.3) is 0 Å². The van der Waals surface area contributed by atoms with Crippen molar-refractivity contribution in [2.24, 2.45) is 0 Å². The lowest BCUT2D eigenvalue weighted by molar-refractivity contribution is 0.00154. The first-order valence-electron chi connectivity index (χ1n) is 4.56. The molecular weight excluding hydrogens is 168 g/mol. The van der Waals surface area contributed by atoms with Gasteiger partial charge in [0.15, 0.2) is 12.0 Å². The molecule has 1 aliphatic heterocycles. The Kier molecular flexibility index (Phi) is 2.45. The number of hydrogen-bond donors (Lipinski definition) is 0. The Bertz CT molecular complexity index is 284. The highest BCUT2D eigenvalue weighted by atomic mass is 16.5. The molecule has 0 spiro atoms. The molecule has 1 atom stereocenters. The molecule has 0 bridgehead atoms. The zero-order valence-electron chi connectivity index (χ0n) is 7.36. The standard InChI is InChI=1S/C10H12O3/c11-7-8-4-5-10(13-8)9-3-1-2-6-12-9/h4-5,7,9H,1-3,6H2/t9-/m0/s1. The van der Waals surface area contributed by atoms with Crippen molar-refractivity contribution in [1.29, 1.82) is 0 Å². The fourth-order valence-corrected chi connectivity index (χ4v) is 1.57. The van der Waals surface area contributed by atoms with Crippen LogP contribution in [-0.2, 0) is 4.74 Å². The zero-order valence-corrected chi connectivity index (χ0v) is 7.36. The van der Waals surface area contributed by atoms with Gasteiger partial charge < -0.3 is 9.15 Å². The molecule has 3 nitrogen and oxygen atoms in total. The second-order valence-electron chi connectivity index (χ2n) is 3.21. The zero-order chi connectivity index (χ0) is 9.10. The fourth-order valence-electron chi connectivity index (χ4n) is 1.57. The second kappa shape index (κ2) is 3.75. The number of rotatable bonds is 2. The molecule has 0 aliphatic carbocycles. The first-order chi connectivity index (χ1) is 6.40. The van der Waals surface area contributed by atoms with Crippen molar-refractivity contribution < 1.29 is 13.9 Å². The Labute approximate surface area is 76.7 Å². The monoisotopic (exact) mass is 180 g/mol. The molecule has 3 heteroatoms. The Balaban J connectivity index is 2.09.